The number of rotatable bonds is 2. The first-order valence-electron chi connectivity index (χ1n) is 4.20. The van der Waals surface area contributed by atoms with Crippen molar-refractivity contribution >= 4 is 5.97 Å². The van der Waals surface area contributed by atoms with Crippen LogP contribution in [0.2, 0.25) is 0 Å². The molecule has 0 saturated heterocycles. The summed E-state index contributed by atoms with van der Waals surface area (Å²) >= 11 is 0. The van der Waals surface area contributed by atoms with Gasteiger partial charge in [-0.15, -0.1) is 0 Å². The summed E-state index contributed by atoms with van der Waals surface area (Å²) in [6.45, 7) is 0. The van der Waals surface area contributed by atoms with Gasteiger partial charge in [-0.3, -0.25) is 9.59 Å². The van der Waals surface area contributed by atoms with Gasteiger partial charge in [0.1, 0.15) is 5.69 Å². The number of carbonyl (C=O) groups excluding carboxylic acids is 1. The number of nitrogens with one attached hydrogen (secondary N) is 1. The Balaban J connectivity index is 3.01. The molecule has 0 amide bonds. The highest BCUT2D eigenvalue weighted by Gasteiger charge is 2.32. The number of halogens is 3. The van der Waals surface area contributed by atoms with Gasteiger partial charge in [-0.05, 0) is 0 Å². The number of H-pyrrole nitrogens is 1. The van der Waals surface area contributed by atoms with E-state index in [1.165, 1.54) is 0 Å². The van der Waals surface area contributed by atoms with Crippen LogP contribution in [0, 0.1) is 0 Å². The third-order valence-corrected chi connectivity index (χ3v) is 1.86. The molecule has 1 heterocycles. The number of carbonyl (C=O) groups is 1. The fraction of sp³-hybridized carbons (Fsp3) is 0.333. The van der Waals surface area contributed by atoms with Gasteiger partial charge in [-0.2, -0.15) is 13.2 Å². The van der Waals surface area contributed by atoms with Crippen molar-refractivity contribution in [2.45, 2.75) is 12.6 Å². The highest BCUT2D eigenvalue weighted by molar-refractivity contribution is 5.72. The van der Waals surface area contributed by atoms with Gasteiger partial charge in [-0.1, -0.05) is 0 Å². The lowest BCUT2D eigenvalue weighted by atomic mass is 10.2. The van der Waals surface area contributed by atoms with Gasteiger partial charge < -0.3 is 9.72 Å². The molecule has 0 radical (unpaired) electrons. The molecule has 88 valence electrons. The Hall–Kier alpha value is -1.79. The largest absolute Gasteiger partial charge is 0.469 e. The van der Waals surface area contributed by atoms with Crippen molar-refractivity contribution in [3.63, 3.8) is 0 Å². The Labute approximate surface area is 88.0 Å². The number of hydrogen-bond acceptors (Lipinski definition) is 3. The normalized spacial score (nSPS) is 11.2. The van der Waals surface area contributed by atoms with E-state index in [2.05, 4.69) is 4.74 Å². The second-order valence-electron chi connectivity index (χ2n) is 2.99. The topological polar surface area (TPSA) is 59.2 Å². The molecule has 16 heavy (non-hydrogen) atoms. The Kier molecular flexibility index (Phi) is 3.36. The monoisotopic (exact) mass is 235 g/mol. The van der Waals surface area contributed by atoms with E-state index in [1.807, 2.05) is 4.98 Å². The SMILES string of the molecule is COC(=O)Cc1c[nH]c(C(F)(F)F)cc1=O. The third-order valence-electron chi connectivity index (χ3n) is 1.86. The predicted octanol–water partition coefficient (Wildman–Crippen LogP) is 1.11. The number of hydrogen-bond donors (Lipinski definition) is 1. The molecule has 0 spiro atoms. The van der Waals surface area contributed by atoms with Crippen LogP contribution in [0.25, 0.3) is 0 Å². The molecule has 1 aromatic rings. The molecular formula is C9H8F3NO3. The molecule has 0 aliphatic heterocycles. The summed E-state index contributed by atoms with van der Waals surface area (Å²) in [6.07, 6.45) is -4.10. The van der Waals surface area contributed by atoms with Crippen molar-refractivity contribution in [1.29, 1.82) is 0 Å². The molecule has 0 aliphatic carbocycles. The summed E-state index contributed by atoms with van der Waals surface area (Å²) < 4.78 is 40.8. The van der Waals surface area contributed by atoms with E-state index < -0.39 is 23.3 Å². The van der Waals surface area contributed by atoms with Gasteiger partial charge in [0.15, 0.2) is 5.43 Å². The molecule has 0 fully saturated rings. The van der Waals surface area contributed by atoms with Crippen LogP contribution in [-0.4, -0.2) is 18.1 Å². The van der Waals surface area contributed by atoms with Gasteiger partial charge in [0.05, 0.1) is 13.5 Å². The highest BCUT2D eigenvalue weighted by Crippen LogP contribution is 2.26. The van der Waals surface area contributed by atoms with Gasteiger partial charge in [0, 0.05) is 17.8 Å². The Bertz CT molecular complexity index is 450. The Morgan fingerprint density at radius 3 is 2.56 bits per heavy atom. The van der Waals surface area contributed by atoms with Gasteiger partial charge in [-0.25, -0.2) is 0 Å². The van der Waals surface area contributed by atoms with E-state index in [1.54, 1.807) is 0 Å². The number of esters is 1. The number of alkyl halides is 3. The average molecular weight is 235 g/mol. The number of methoxy groups -OCH3 is 1. The summed E-state index contributed by atoms with van der Waals surface area (Å²) in [6, 6.07) is 0.415. The summed E-state index contributed by atoms with van der Waals surface area (Å²) in [4.78, 5) is 23.9. The van der Waals surface area contributed by atoms with E-state index in [-0.39, 0.29) is 12.0 Å². The number of pyridine rings is 1. The maximum Gasteiger partial charge on any atom is 0.431 e. The van der Waals surface area contributed by atoms with Gasteiger partial charge in [0.25, 0.3) is 0 Å². The Morgan fingerprint density at radius 2 is 2.12 bits per heavy atom. The minimum absolute atomic E-state index is 0.0696. The average Bonchev–Trinajstić information content (AvgIpc) is 2.19. The van der Waals surface area contributed by atoms with Gasteiger partial charge >= 0.3 is 12.1 Å². The minimum atomic E-state index is -4.61. The number of aromatic nitrogens is 1. The van der Waals surface area contributed by atoms with Crippen LogP contribution in [0.3, 0.4) is 0 Å². The zero-order chi connectivity index (χ0) is 12.3. The van der Waals surface area contributed by atoms with E-state index in [4.69, 9.17) is 0 Å². The van der Waals surface area contributed by atoms with E-state index in [0.717, 1.165) is 13.3 Å². The third kappa shape index (κ3) is 2.85. The molecular weight excluding hydrogens is 227 g/mol. The molecule has 0 atom stereocenters. The first kappa shape index (κ1) is 12.3. The maximum absolute atomic E-state index is 12.2. The molecule has 1 rings (SSSR count). The van der Waals surface area contributed by atoms with E-state index in [9.17, 15) is 22.8 Å². The quantitative estimate of drug-likeness (QED) is 0.781. The van der Waals surface area contributed by atoms with Crippen molar-refractivity contribution < 1.29 is 22.7 Å². The molecule has 0 bridgehead atoms. The molecule has 1 N–H and O–H groups in total. The number of aromatic amines is 1. The Morgan fingerprint density at radius 1 is 1.50 bits per heavy atom. The molecule has 7 heteroatoms. The summed E-state index contributed by atoms with van der Waals surface area (Å²) in [5.74, 6) is -0.690. The fourth-order valence-electron chi connectivity index (χ4n) is 1.03. The van der Waals surface area contributed by atoms with Crippen molar-refractivity contribution in [3.05, 3.63) is 33.7 Å². The van der Waals surface area contributed by atoms with Crippen LogP contribution < -0.4 is 5.43 Å². The lowest BCUT2D eigenvalue weighted by molar-refractivity contribution is -0.141. The van der Waals surface area contributed by atoms with E-state index in [0.29, 0.717) is 6.07 Å². The first-order chi connectivity index (χ1) is 7.34. The van der Waals surface area contributed by atoms with Gasteiger partial charge in [0.2, 0.25) is 0 Å². The fourth-order valence-corrected chi connectivity index (χ4v) is 1.03. The van der Waals surface area contributed by atoms with Crippen molar-refractivity contribution in [2.24, 2.45) is 0 Å². The molecule has 0 saturated carbocycles. The van der Waals surface area contributed by atoms with Crippen molar-refractivity contribution in [3.8, 4) is 0 Å². The predicted molar refractivity (Wildman–Crippen MR) is 47.8 cm³/mol. The molecule has 0 aliphatic rings. The zero-order valence-electron chi connectivity index (χ0n) is 8.22. The summed E-state index contributed by atoms with van der Waals surface area (Å²) in [7, 11) is 1.13. The van der Waals surface area contributed by atoms with Crippen LogP contribution in [0.15, 0.2) is 17.1 Å². The zero-order valence-corrected chi connectivity index (χ0v) is 8.22. The van der Waals surface area contributed by atoms with E-state index >= 15 is 0 Å². The van der Waals surface area contributed by atoms with Crippen molar-refractivity contribution in [1.82, 2.24) is 4.98 Å². The first-order valence-corrected chi connectivity index (χ1v) is 4.20. The molecule has 0 aromatic carbocycles. The summed E-state index contributed by atoms with van der Waals surface area (Å²) in [5.41, 5.74) is -2.07. The lowest BCUT2D eigenvalue weighted by Gasteiger charge is -2.06. The second-order valence-corrected chi connectivity index (χ2v) is 2.99. The molecule has 0 unspecified atom stereocenters. The van der Waals surface area contributed by atoms with Crippen LogP contribution in [-0.2, 0) is 22.1 Å². The van der Waals surface area contributed by atoms with Crippen LogP contribution in [0.1, 0.15) is 11.3 Å². The standard InChI is InChI=1S/C9H8F3NO3/c1-16-8(15)2-5-4-13-7(3-6(5)14)9(10,11)12/h3-4H,2H2,1H3,(H,13,14). The smallest absolute Gasteiger partial charge is 0.431 e. The summed E-state index contributed by atoms with van der Waals surface area (Å²) in [5, 5.41) is 0. The van der Waals surface area contributed by atoms with Crippen molar-refractivity contribution in [2.75, 3.05) is 7.11 Å². The second kappa shape index (κ2) is 4.38. The lowest BCUT2D eigenvalue weighted by Crippen LogP contribution is -2.19. The highest BCUT2D eigenvalue weighted by atomic mass is 19.4. The minimum Gasteiger partial charge on any atom is -0.469 e. The van der Waals surface area contributed by atoms with Crippen LogP contribution >= 0.6 is 0 Å². The maximum atomic E-state index is 12.2. The molecule has 4 nitrogen and oxygen atoms in total. The van der Waals surface area contributed by atoms with Crippen LogP contribution in [0.5, 0.6) is 0 Å². The van der Waals surface area contributed by atoms with Crippen LogP contribution in [0.4, 0.5) is 13.2 Å². The number of ether oxygens (including phenoxy) is 1. The molecule has 1 aromatic heterocycles.